The molecule has 0 saturated carbocycles. The predicted molar refractivity (Wildman–Crippen MR) is 41.5 cm³/mol. The zero-order valence-corrected chi connectivity index (χ0v) is 7.49. The minimum Gasteiger partial charge on any atom is -0.390 e. The van der Waals surface area contributed by atoms with Gasteiger partial charge in [0.2, 0.25) is 0 Å². The highest BCUT2D eigenvalue weighted by molar-refractivity contribution is 7.34. The third-order valence-corrected chi connectivity index (χ3v) is 1.71. The van der Waals surface area contributed by atoms with E-state index in [0.29, 0.717) is 0 Å². The molecule has 64 valence electrons. The van der Waals surface area contributed by atoms with E-state index < -0.39 is 14.2 Å². The van der Waals surface area contributed by atoms with Crippen molar-refractivity contribution in [3.8, 4) is 0 Å². The van der Waals surface area contributed by atoms with E-state index in [1.54, 1.807) is 13.8 Å². The lowest BCUT2D eigenvalue weighted by molar-refractivity contribution is -0.129. The zero-order chi connectivity index (χ0) is 8.85. The molecule has 0 heterocycles. The fourth-order valence-corrected chi connectivity index (χ4v) is 1.02. The Balaban J connectivity index is 3.69. The Hall–Kier alpha value is -0.600. The van der Waals surface area contributed by atoms with E-state index in [4.69, 9.17) is 0 Å². The van der Waals surface area contributed by atoms with Crippen molar-refractivity contribution in [1.29, 1.82) is 0 Å². The van der Waals surface area contributed by atoms with E-state index in [1.165, 1.54) is 0 Å². The van der Waals surface area contributed by atoms with Crippen molar-refractivity contribution in [3.05, 3.63) is 12.7 Å². The molecule has 0 saturated heterocycles. The molecule has 0 N–H and O–H groups in total. The van der Waals surface area contributed by atoms with Crippen LogP contribution >= 0.6 is 8.25 Å². The molecule has 0 aromatic rings. The summed E-state index contributed by atoms with van der Waals surface area (Å²) in [6.45, 7) is 6.54. The third kappa shape index (κ3) is 5.83. The lowest BCUT2D eigenvalue weighted by atomic mass is 10.5. The molecule has 0 aliphatic rings. The van der Waals surface area contributed by atoms with Crippen molar-refractivity contribution in [2.45, 2.75) is 20.0 Å². The van der Waals surface area contributed by atoms with Crippen LogP contribution < -0.4 is 0 Å². The monoisotopic (exact) mass is 178 g/mol. The quantitative estimate of drug-likeness (QED) is 0.483. The molecule has 5 heteroatoms. The number of carbonyl (C=O) groups excluding carboxylic acids is 1. The summed E-state index contributed by atoms with van der Waals surface area (Å²) in [5, 5.41) is 0. The van der Waals surface area contributed by atoms with E-state index in [-0.39, 0.29) is 6.10 Å². The molecule has 0 aliphatic carbocycles. The molecule has 0 rings (SSSR count). The fraction of sp³-hybridized carbons (Fsp3) is 0.500. The van der Waals surface area contributed by atoms with Gasteiger partial charge in [0.15, 0.2) is 0 Å². The summed E-state index contributed by atoms with van der Waals surface area (Å²) in [5.41, 5.74) is 0. The molecular weight excluding hydrogens is 167 g/mol. The van der Waals surface area contributed by atoms with Gasteiger partial charge in [-0.25, -0.2) is 9.36 Å². The van der Waals surface area contributed by atoms with Crippen molar-refractivity contribution in [2.24, 2.45) is 0 Å². The summed E-state index contributed by atoms with van der Waals surface area (Å²) in [7, 11) is -2.67. The van der Waals surface area contributed by atoms with Crippen LogP contribution in [-0.4, -0.2) is 12.1 Å². The van der Waals surface area contributed by atoms with E-state index in [9.17, 15) is 9.36 Å². The molecule has 1 atom stereocenters. The normalized spacial score (nSPS) is 12.6. The van der Waals surface area contributed by atoms with Gasteiger partial charge in [-0.3, -0.25) is 4.52 Å². The van der Waals surface area contributed by atoms with Crippen LogP contribution in [0.3, 0.4) is 0 Å². The molecule has 4 nitrogen and oxygen atoms in total. The SMILES string of the molecule is C=CC(=O)O[PH](=O)OC(C)C. The van der Waals surface area contributed by atoms with Crippen molar-refractivity contribution >= 4 is 14.2 Å². The van der Waals surface area contributed by atoms with Crippen LogP contribution in [0.15, 0.2) is 12.7 Å². The second-order valence-electron chi connectivity index (χ2n) is 2.04. The Labute approximate surface area is 66.1 Å². The first-order valence-corrected chi connectivity index (χ1v) is 4.33. The van der Waals surface area contributed by atoms with Gasteiger partial charge in [-0.15, -0.1) is 0 Å². The minimum atomic E-state index is -2.67. The highest BCUT2D eigenvalue weighted by Gasteiger charge is 2.05. The van der Waals surface area contributed by atoms with E-state index in [0.717, 1.165) is 6.08 Å². The van der Waals surface area contributed by atoms with Gasteiger partial charge in [-0.05, 0) is 13.8 Å². The van der Waals surface area contributed by atoms with Crippen molar-refractivity contribution in [3.63, 3.8) is 0 Å². The molecular formula is C6H11O4P. The summed E-state index contributed by atoms with van der Waals surface area (Å²) in [4.78, 5) is 10.4. The summed E-state index contributed by atoms with van der Waals surface area (Å²) >= 11 is 0. The molecule has 0 bridgehead atoms. The summed E-state index contributed by atoms with van der Waals surface area (Å²) in [6, 6.07) is 0. The van der Waals surface area contributed by atoms with Crippen LogP contribution in [0.5, 0.6) is 0 Å². The summed E-state index contributed by atoms with van der Waals surface area (Å²) in [6.07, 6.45) is 0.728. The molecule has 0 aromatic heterocycles. The maximum Gasteiger partial charge on any atom is 0.370 e. The second-order valence-corrected chi connectivity index (χ2v) is 2.98. The molecule has 0 aliphatic heterocycles. The summed E-state index contributed by atoms with van der Waals surface area (Å²) in [5.74, 6) is -0.727. The first-order chi connectivity index (χ1) is 5.06. The van der Waals surface area contributed by atoms with Crippen LogP contribution in [0.1, 0.15) is 13.8 Å². The molecule has 0 amide bonds. The van der Waals surface area contributed by atoms with Gasteiger partial charge in [-0.1, -0.05) is 6.58 Å². The Morgan fingerprint density at radius 1 is 1.64 bits per heavy atom. The van der Waals surface area contributed by atoms with Gasteiger partial charge < -0.3 is 4.52 Å². The van der Waals surface area contributed by atoms with Gasteiger partial charge in [0.05, 0.1) is 6.10 Å². The topological polar surface area (TPSA) is 52.6 Å². The fourth-order valence-electron chi connectivity index (χ4n) is 0.340. The third-order valence-electron chi connectivity index (χ3n) is 0.683. The van der Waals surface area contributed by atoms with E-state index >= 15 is 0 Å². The standard InChI is InChI=1S/C6H11O4P/c1-4-6(7)10-11(8)9-5(2)3/h4-5,11H,1H2,2-3H3. The molecule has 11 heavy (non-hydrogen) atoms. The van der Waals surface area contributed by atoms with Crippen LogP contribution in [0.2, 0.25) is 0 Å². The maximum atomic E-state index is 10.7. The average Bonchev–Trinajstić information content (AvgIpc) is 1.85. The maximum absolute atomic E-state index is 10.7. The van der Waals surface area contributed by atoms with Gasteiger partial charge >= 0.3 is 14.2 Å². The highest BCUT2D eigenvalue weighted by Crippen LogP contribution is 2.25. The Morgan fingerprint density at radius 2 is 2.18 bits per heavy atom. The molecule has 1 unspecified atom stereocenters. The average molecular weight is 178 g/mol. The Morgan fingerprint density at radius 3 is 2.55 bits per heavy atom. The first kappa shape index (κ1) is 10.4. The largest absolute Gasteiger partial charge is 0.390 e. The number of hydrogen-bond acceptors (Lipinski definition) is 4. The van der Waals surface area contributed by atoms with E-state index in [1.807, 2.05) is 0 Å². The van der Waals surface area contributed by atoms with Gasteiger partial charge in [-0.2, -0.15) is 0 Å². The van der Waals surface area contributed by atoms with Gasteiger partial charge in [0.1, 0.15) is 0 Å². The first-order valence-electron chi connectivity index (χ1n) is 3.11. The Bertz CT molecular complexity index is 175. The number of rotatable bonds is 4. The van der Waals surface area contributed by atoms with Crippen LogP contribution in [0, 0.1) is 0 Å². The van der Waals surface area contributed by atoms with Gasteiger partial charge in [0, 0.05) is 6.08 Å². The minimum absolute atomic E-state index is 0.209. The van der Waals surface area contributed by atoms with Crippen LogP contribution in [-0.2, 0) is 18.4 Å². The van der Waals surface area contributed by atoms with Crippen molar-refractivity contribution in [1.82, 2.24) is 0 Å². The lowest BCUT2D eigenvalue weighted by Crippen LogP contribution is -1.99. The van der Waals surface area contributed by atoms with Gasteiger partial charge in [0.25, 0.3) is 0 Å². The molecule has 0 radical (unpaired) electrons. The van der Waals surface area contributed by atoms with Crippen molar-refractivity contribution < 1.29 is 18.4 Å². The molecule has 0 spiro atoms. The molecule has 0 aromatic carbocycles. The number of carbonyl (C=O) groups is 1. The molecule has 0 fully saturated rings. The summed E-state index contributed by atoms with van der Waals surface area (Å²) < 4.78 is 19.7. The highest BCUT2D eigenvalue weighted by atomic mass is 31.1. The lowest BCUT2D eigenvalue weighted by Gasteiger charge is -2.05. The van der Waals surface area contributed by atoms with Crippen molar-refractivity contribution in [2.75, 3.05) is 0 Å². The smallest absolute Gasteiger partial charge is 0.370 e. The van der Waals surface area contributed by atoms with Crippen LogP contribution in [0.4, 0.5) is 0 Å². The van der Waals surface area contributed by atoms with Crippen LogP contribution in [0.25, 0.3) is 0 Å². The zero-order valence-electron chi connectivity index (χ0n) is 6.49. The second kappa shape index (κ2) is 5.10. The van der Waals surface area contributed by atoms with E-state index in [2.05, 4.69) is 15.6 Å². The predicted octanol–water partition coefficient (Wildman–Crippen LogP) is 1.53. The number of hydrogen-bond donors (Lipinski definition) is 0. The Kier molecular flexibility index (Phi) is 4.83.